The molecule has 0 spiro atoms. The number of aromatic amines is 1. The van der Waals surface area contributed by atoms with Gasteiger partial charge in [-0.25, -0.2) is 15.0 Å². The van der Waals surface area contributed by atoms with Crippen molar-refractivity contribution in [1.82, 2.24) is 35.5 Å². The smallest absolute Gasteiger partial charge is 0.240 e. The molecule has 6 aromatic rings. The third-order valence-corrected chi connectivity index (χ3v) is 12.2. The lowest BCUT2D eigenvalue weighted by Gasteiger charge is -2.26. The van der Waals surface area contributed by atoms with Gasteiger partial charge in [-0.1, -0.05) is 68.4 Å². The summed E-state index contributed by atoms with van der Waals surface area (Å²) in [5.74, 6) is -1.07. The third kappa shape index (κ3) is 12.2. The molecular formula is C44H55N11O5SSi. The van der Waals surface area contributed by atoms with Crippen molar-refractivity contribution in [3.05, 3.63) is 113 Å². The Morgan fingerprint density at radius 3 is 2.52 bits per heavy atom. The summed E-state index contributed by atoms with van der Waals surface area (Å²) in [6.07, 6.45) is 7.26. The van der Waals surface area contributed by atoms with E-state index >= 15 is 0 Å². The molecule has 0 saturated heterocycles. The van der Waals surface area contributed by atoms with Crippen LogP contribution in [0.25, 0.3) is 21.1 Å². The Kier molecular flexibility index (Phi) is 15.4. The molecule has 3 aromatic heterocycles. The zero-order valence-corrected chi connectivity index (χ0v) is 38.0. The molecule has 0 aliphatic heterocycles. The van der Waals surface area contributed by atoms with Crippen LogP contribution in [0.2, 0.25) is 0 Å². The van der Waals surface area contributed by atoms with Crippen LogP contribution in [0.1, 0.15) is 66.2 Å². The van der Waals surface area contributed by atoms with Gasteiger partial charge in [0.1, 0.15) is 12.8 Å². The number of H-pyrrole nitrogens is 1. The fourth-order valence-electron chi connectivity index (χ4n) is 6.90. The number of para-hydroxylation sites is 2. The molecule has 3 atom stereocenters. The van der Waals surface area contributed by atoms with Gasteiger partial charge in [-0.3, -0.25) is 19.2 Å². The van der Waals surface area contributed by atoms with E-state index in [0.29, 0.717) is 54.5 Å². The van der Waals surface area contributed by atoms with Crippen molar-refractivity contribution in [2.24, 2.45) is 28.1 Å². The largest absolute Gasteiger partial charge is 0.370 e. The summed E-state index contributed by atoms with van der Waals surface area (Å²) in [6, 6.07) is 21.1. The first-order valence-electron chi connectivity index (χ1n) is 20.6. The van der Waals surface area contributed by atoms with Gasteiger partial charge in [0.2, 0.25) is 23.5 Å². The van der Waals surface area contributed by atoms with Gasteiger partial charge < -0.3 is 47.4 Å². The van der Waals surface area contributed by atoms with Crippen LogP contribution in [0.5, 0.6) is 0 Å². The Hall–Kier alpha value is -6.21. The molecule has 3 heterocycles. The Balaban J connectivity index is 1.05. The van der Waals surface area contributed by atoms with E-state index in [1.54, 1.807) is 29.4 Å². The Labute approximate surface area is 366 Å². The lowest BCUT2D eigenvalue weighted by atomic mass is 10.0. The zero-order valence-electron chi connectivity index (χ0n) is 35.2. The number of hydrogen-bond donors (Lipinski definition) is 7. The van der Waals surface area contributed by atoms with Gasteiger partial charge in [0, 0.05) is 59.5 Å². The number of Topliss-reactive ketones (excluding diaryl/α,β-unsaturated/α-hetero) is 1. The highest BCUT2D eigenvalue weighted by Gasteiger charge is 2.33. The molecule has 3 amide bonds. The number of benzene rings is 3. The number of primary amides is 1. The molecule has 0 aliphatic rings. The lowest BCUT2D eigenvalue weighted by Crippen LogP contribution is -2.60. The minimum absolute atomic E-state index is 0.107. The fourth-order valence-corrected chi connectivity index (χ4v) is 8.37. The van der Waals surface area contributed by atoms with Crippen LogP contribution in [-0.2, 0) is 45.3 Å². The van der Waals surface area contributed by atoms with E-state index in [0.717, 1.165) is 38.8 Å². The Morgan fingerprint density at radius 1 is 0.984 bits per heavy atom. The summed E-state index contributed by atoms with van der Waals surface area (Å²) in [5, 5.41) is 8.72. The molecule has 0 saturated carbocycles. The number of nitrogens with two attached hydrogens (primary N) is 3. The summed E-state index contributed by atoms with van der Waals surface area (Å²) in [5.41, 5.74) is 23.2. The van der Waals surface area contributed by atoms with Crippen LogP contribution in [0.4, 0.5) is 5.69 Å². The summed E-state index contributed by atoms with van der Waals surface area (Å²) >= 11 is 1.32. The number of rotatable bonds is 22. The van der Waals surface area contributed by atoms with Crippen LogP contribution in [-0.4, -0.2) is 83.0 Å². The van der Waals surface area contributed by atoms with Crippen molar-refractivity contribution in [3.63, 3.8) is 0 Å². The van der Waals surface area contributed by atoms with Crippen LogP contribution in [0.15, 0.2) is 96.5 Å². The SMILES string of the molecule is CC(C)CCC(=O)N[C@@H](CCCN/C(N)=N\c1cccc2c(C[C@H](NC(=O)C(N)([SiH3])Cc3cncn3COCc3ccccc3)C(N)=O)c[nH]c12)C(=O)c1nc2ccccc2s1. The second-order valence-electron chi connectivity index (χ2n) is 16.0. The van der Waals surface area contributed by atoms with Gasteiger partial charge in [-0.2, -0.15) is 0 Å². The van der Waals surface area contributed by atoms with Gasteiger partial charge in [0.05, 0.1) is 45.6 Å². The molecule has 1 unspecified atom stereocenters. The van der Waals surface area contributed by atoms with Crippen LogP contribution >= 0.6 is 11.3 Å². The molecule has 18 heteroatoms. The number of thiazole rings is 1. The molecular weight excluding hydrogens is 823 g/mol. The number of aromatic nitrogens is 4. The number of ether oxygens (including phenoxy) is 1. The number of carbonyl (C=O) groups excluding carboxylic acids is 4. The first-order valence-corrected chi connectivity index (χ1v) is 22.4. The molecule has 0 radical (unpaired) electrons. The van der Waals surface area contributed by atoms with Crippen molar-refractivity contribution in [2.45, 2.75) is 83.0 Å². The first-order chi connectivity index (χ1) is 29.8. The minimum Gasteiger partial charge on any atom is -0.370 e. The van der Waals surface area contributed by atoms with Gasteiger partial charge in [0.15, 0.2) is 11.0 Å². The molecule has 16 nitrogen and oxygen atoms in total. The maximum atomic E-state index is 13.6. The molecule has 0 aliphatic carbocycles. The average Bonchev–Trinajstić information content (AvgIpc) is 4.00. The van der Waals surface area contributed by atoms with E-state index in [9.17, 15) is 19.2 Å². The predicted octanol–water partition coefficient (Wildman–Crippen LogP) is 3.04. The normalized spacial score (nSPS) is 13.8. The second kappa shape index (κ2) is 21.0. The van der Waals surface area contributed by atoms with Crippen molar-refractivity contribution < 1.29 is 23.9 Å². The summed E-state index contributed by atoms with van der Waals surface area (Å²) in [6.45, 7) is 5.14. The van der Waals surface area contributed by atoms with Gasteiger partial charge in [0.25, 0.3) is 0 Å². The van der Waals surface area contributed by atoms with Crippen LogP contribution in [0, 0.1) is 5.92 Å². The van der Waals surface area contributed by atoms with E-state index in [4.69, 9.17) is 21.9 Å². The maximum Gasteiger partial charge on any atom is 0.240 e. The predicted molar refractivity (Wildman–Crippen MR) is 246 cm³/mol. The number of amides is 3. The molecule has 3 aromatic carbocycles. The number of ketones is 1. The zero-order chi connectivity index (χ0) is 44.2. The number of guanidine groups is 1. The number of aliphatic imine (C=N–C) groups is 1. The van der Waals surface area contributed by atoms with Crippen LogP contribution in [0.3, 0.4) is 0 Å². The highest BCUT2D eigenvalue weighted by atomic mass is 32.1. The number of imidazole rings is 1. The molecule has 6 rings (SSSR count). The number of hydrogen-bond acceptors (Lipinski definition) is 10. The quantitative estimate of drug-likeness (QED) is 0.0173. The van der Waals surface area contributed by atoms with Crippen molar-refractivity contribution >= 4 is 77.9 Å². The van der Waals surface area contributed by atoms with E-state index < -0.39 is 29.1 Å². The van der Waals surface area contributed by atoms with Crippen molar-refractivity contribution in [2.75, 3.05) is 6.54 Å². The molecule has 326 valence electrons. The molecule has 10 N–H and O–H groups in total. The van der Waals surface area contributed by atoms with Crippen molar-refractivity contribution in [1.29, 1.82) is 0 Å². The monoisotopic (exact) mass is 877 g/mol. The van der Waals surface area contributed by atoms with E-state index in [-0.39, 0.29) is 47.5 Å². The topological polar surface area (TPSA) is 251 Å². The van der Waals surface area contributed by atoms with Gasteiger partial charge >= 0.3 is 0 Å². The summed E-state index contributed by atoms with van der Waals surface area (Å²) in [7, 11) is 0.273. The van der Waals surface area contributed by atoms with Gasteiger partial charge in [-0.05, 0) is 54.5 Å². The molecule has 0 fully saturated rings. The maximum absolute atomic E-state index is 13.6. The number of nitrogens with one attached hydrogen (secondary N) is 4. The minimum atomic E-state index is -1.27. The first kappa shape index (κ1) is 45.3. The average molecular weight is 878 g/mol. The standard InChI is InChI=1S/C44H55N11O5SSi/c1-27(2)17-18-37(56)51-34(39(57)41-52-32-13-6-7-16-36(32)61-41)15-9-19-49-43(46)54-33-14-8-12-31-29(22-50-38(31)33)20-35(40(45)58)53-42(59)44(47,62)21-30-23-48-25-55(30)26-60-24-28-10-4-3-5-11-28/h3-8,10-14,16,22-23,25,27,34-35,50H,9,15,17-21,24,26,47H2,1-2,62H3,(H2,45,58)(H,51,56)(H,53,59)(H3,46,49,54)/t34-,35-,44?/m0/s1. The molecule has 62 heavy (non-hydrogen) atoms. The summed E-state index contributed by atoms with van der Waals surface area (Å²) < 4.78 is 8.57. The lowest BCUT2D eigenvalue weighted by molar-refractivity contribution is -0.129. The van der Waals surface area contributed by atoms with E-state index in [2.05, 4.69) is 49.7 Å². The number of carbonyl (C=O) groups is 4. The Bertz CT molecular complexity index is 2480. The van der Waals surface area contributed by atoms with E-state index in [1.807, 2.05) is 66.7 Å². The summed E-state index contributed by atoms with van der Waals surface area (Å²) in [4.78, 5) is 69.4. The number of fused-ring (bicyclic) bond motifs is 2. The highest BCUT2D eigenvalue weighted by Crippen LogP contribution is 2.29. The van der Waals surface area contributed by atoms with Gasteiger partial charge in [-0.15, -0.1) is 11.3 Å². The number of nitrogens with zero attached hydrogens (tertiary/aromatic N) is 4. The fraction of sp³-hybridized carbons (Fsp3) is 0.341. The Morgan fingerprint density at radius 2 is 1.76 bits per heavy atom. The second-order valence-corrected chi connectivity index (χ2v) is 18.8. The van der Waals surface area contributed by atoms with Crippen LogP contribution < -0.4 is 33.2 Å². The molecule has 0 bridgehead atoms. The van der Waals surface area contributed by atoms with E-state index in [1.165, 1.54) is 11.3 Å². The highest BCUT2D eigenvalue weighted by molar-refractivity contribution is 7.20. The third-order valence-electron chi connectivity index (χ3n) is 10.4. The van der Waals surface area contributed by atoms with Crippen molar-refractivity contribution in [3.8, 4) is 0 Å².